The van der Waals surface area contributed by atoms with Crippen LogP contribution in [-0.2, 0) is 5.41 Å². The first kappa shape index (κ1) is 22.8. The zero-order valence-corrected chi connectivity index (χ0v) is 22.2. The van der Waals surface area contributed by atoms with E-state index in [0.717, 1.165) is 27.1 Å². The van der Waals surface area contributed by atoms with E-state index in [9.17, 15) is 0 Å². The molecule has 0 radical (unpaired) electrons. The first-order valence-corrected chi connectivity index (χ1v) is 13.0. The summed E-state index contributed by atoms with van der Waals surface area (Å²) in [5, 5.41) is 2.43. The number of benzene rings is 3. The predicted molar refractivity (Wildman–Crippen MR) is 151 cm³/mol. The van der Waals surface area contributed by atoms with Gasteiger partial charge in [-0.2, -0.15) is 0 Å². The summed E-state index contributed by atoms with van der Waals surface area (Å²) in [6.45, 7) is 6.71. The molecule has 36 heavy (non-hydrogen) atoms. The Balaban J connectivity index is 1.63. The van der Waals surface area contributed by atoms with Crippen molar-refractivity contribution in [2.24, 2.45) is 0 Å². The Morgan fingerprint density at radius 1 is 0.778 bits per heavy atom. The lowest BCUT2D eigenvalue weighted by molar-refractivity contribution is 0.503. The number of aromatic nitrogens is 2. The van der Waals surface area contributed by atoms with E-state index >= 15 is 0 Å². The van der Waals surface area contributed by atoms with Crippen molar-refractivity contribution in [1.82, 2.24) is 9.55 Å². The molecule has 1 atom stereocenters. The number of hydrogen-bond donors (Lipinski definition) is 0. The zero-order valence-electron chi connectivity index (χ0n) is 20.6. The molecule has 0 fully saturated rings. The summed E-state index contributed by atoms with van der Waals surface area (Å²) in [5.74, 6) is 1.83. The first-order chi connectivity index (χ1) is 17.4. The molecule has 0 spiro atoms. The van der Waals surface area contributed by atoms with E-state index in [-0.39, 0.29) is 11.3 Å². The SMILES string of the molecule is CC(C)(C)c1ccnc(-n2c3ccccc3c3ccc(C(c4cccc(Br)c4)c4ccco4)cc32)c1. The van der Waals surface area contributed by atoms with Crippen molar-refractivity contribution in [1.29, 1.82) is 0 Å². The Morgan fingerprint density at radius 2 is 1.58 bits per heavy atom. The first-order valence-electron chi connectivity index (χ1n) is 12.2. The molecule has 3 aromatic heterocycles. The van der Waals surface area contributed by atoms with Gasteiger partial charge in [-0.3, -0.25) is 4.57 Å². The molecular formula is C32H27BrN2O. The van der Waals surface area contributed by atoms with Gasteiger partial charge in [-0.15, -0.1) is 0 Å². The minimum atomic E-state index is -0.0257. The summed E-state index contributed by atoms with van der Waals surface area (Å²) < 4.78 is 9.29. The molecule has 0 saturated carbocycles. The number of halogens is 1. The second-order valence-corrected chi connectivity index (χ2v) is 11.2. The van der Waals surface area contributed by atoms with E-state index in [1.54, 1.807) is 6.26 Å². The van der Waals surface area contributed by atoms with Crippen molar-refractivity contribution in [3.8, 4) is 5.82 Å². The van der Waals surface area contributed by atoms with E-state index in [0.29, 0.717) is 0 Å². The molecule has 4 heteroatoms. The number of furan rings is 1. The topological polar surface area (TPSA) is 31.0 Å². The van der Waals surface area contributed by atoms with E-state index in [4.69, 9.17) is 9.40 Å². The van der Waals surface area contributed by atoms with Gasteiger partial charge in [-0.1, -0.05) is 79.2 Å². The van der Waals surface area contributed by atoms with Crippen LogP contribution in [0.5, 0.6) is 0 Å². The summed E-state index contributed by atoms with van der Waals surface area (Å²) in [4.78, 5) is 4.83. The number of hydrogen-bond acceptors (Lipinski definition) is 2. The van der Waals surface area contributed by atoms with Crippen molar-refractivity contribution in [3.63, 3.8) is 0 Å². The molecule has 3 aromatic carbocycles. The van der Waals surface area contributed by atoms with Crippen LogP contribution in [-0.4, -0.2) is 9.55 Å². The fourth-order valence-corrected chi connectivity index (χ4v) is 5.50. The quantitative estimate of drug-likeness (QED) is 0.226. The van der Waals surface area contributed by atoms with Crippen LogP contribution in [0.3, 0.4) is 0 Å². The Kier molecular flexibility index (Phi) is 5.57. The number of nitrogens with zero attached hydrogens (tertiary/aromatic N) is 2. The summed E-state index contributed by atoms with van der Waals surface area (Å²) in [6.07, 6.45) is 3.67. The van der Waals surface area contributed by atoms with Gasteiger partial charge in [-0.05, 0) is 70.6 Å². The Hall–Kier alpha value is -3.63. The van der Waals surface area contributed by atoms with E-state index in [1.807, 2.05) is 12.3 Å². The van der Waals surface area contributed by atoms with Crippen LogP contribution in [0.25, 0.3) is 27.6 Å². The van der Waals surface area contributed by atoms with Crippen molar-refractivity contribution < 1.29 is 4.42 Å². The van der Waals surface area contributed by atoms with Crippen molar-refractivity contribution in [3.05, 3.63) is 130 Å². The normalized spacial score (nSPS) is 12.9. The molecule has 0 amide bonds. The van der Waals surface area contributed by atoms with Crippen LogP contribution in [0.15, 0.2) is 112 Å². The highest BCUT2D eigenvalue weighted by molar-refractivity contribution is 9.10. The average Bonchev–Trinajstić information content (AvgIpc) is 3.50. The Labute approximate surface area is 219 Å². The van der Waals surface area contributed by atoms with Crippen LogP contribution in [0.4, 0.5) is 0 Å². The summed E-state index contributed by atoms with van der Waals surface area (Å²) in [7, 11) is 0. The maximum Gasteiger partial charge on any atom is 0.137 e. The minimum absolute atomic E-state index is 0.0257. The lowest BCUT2D eigenvalue weighted by atomic mass is 9.88. The van der Waals surface area contributed by atoms with Gasteiger partial charge in [-0.25, -0.2) is 4.98 Å². The molecule has 3 nitrogen and oxygen atoms in total. The van der Waals surface area contributed by atoms with Crippen LogP contribution < -0.4 is 0 Å². The van der Waals surface area contributed by atoms with Gasteiger partial charge in [0.15, 0.2) is 0 Å². The highest BCUT2D eigenvalue weighted by Gasteiger charge is 2.23. The molecule has 6 aromatic rings. The second kappa shape index (κ2) is 8.79. The summed E-state index contributed by atoms with van der Waals surface area (Å²) in [6, 6.07) is 32.1. The number of pyridine rings is 1. The lowest BCUT2D eigenvalue weighted by Gasteiger charge is -2.20. The van der Waals surface area contributed by atoms with Gasteiger partial charge in [0.2, 0.25) is 0 Å². The maximum absolute atomic E-state index is 5.95. The fraction of sp³-hybridized carbons (Fsp3) is 0.156. The zero-order chi connectivity index (χ0) is 24.9. The molecule has 0 bridgehead atoms. The van der Waals surface area contributed by atoms with Crippen LogP contribution in [0.1, 0.15) is 49.1 Å². The van der Waals surface area contributed by atoms with Gasteiger partial charge >= 0.3 is 0 Å². The van der Waals surface area contributed by atoms with Gasteiger partial charge in [0.05, 0.1) is 23.2 Å². The maximum atomic E-state index is 5.95. The van der Waals surface area contributed by atoms with Crippen molar-refractivity contribution >= 4 is 37.7 Å². The highest BCUT2D eigenvalue weighted by atomic mass is 79.9. The molecule has 0 aliphatic carbocycles. The standard InChI is InChI=1S/C32H27BrN2O/c1-32(2,3)23-15-16-34-30(20-23)35-27-11-5-4-10-25(27)26-14-13-22(19-28(26)35)31(29-12-7-17-36-29)21-8-6-9-24(33)18-21/h4-20,31H,1-3H3. The molecule has 0 aliphatic rings. The lowest BCUT2D eigenvalue weighted by Crippen LogP contribution is -2.12. The van der Waals surface area contributed by atoms with Gasteiger partial charge in [0, 0.05) is 21.4 Å². The third kappa shape index (κ3) is 3.96. The Bertz CT molecular complexity index is 1690. The van der Waals surface area contributed by atoms with Crippen molar-refractivity contribution in [2.75, 3.05) is 0 Å². The van der Waals surface area contributed by atoms with Gasteiger partial charge in [0.1, 0.15) is 11.6 Å². The molecule has 3 heterocycles. The monoisotopic (exact) mass is 534 g/mol. The van der Waals surface area contributed by atoms with Crippen LogP contribution in [0.2, 0.25) is 0 Å². The highest BCUT2D eigenvalue weighted by Crippen LogP contribution is 2.38. The smallest absolute Gasteiger partial charge is 0.137 e. The minimum Gasteiger partial charge on any atom is -0.468 e. The average molecular weight is 535 g/mol. The fourth-order valence-electron chi connectivity index (χ4n) is 5.08. The van der Waals surface area contributed by atoms with Crippen LogP contribution >= 0.6 is 15.9 Å². The molecule has 1 unspecified atom stereocenters. The largest absolute Gasteiger partial charge is 0.468 e. The second-order valence-electron chi connectivity index (χ2n) is 10.3. The number of rotatable bonds is 4. The van der Waals surface area contributed by atoms with Gasteiger partial charge in [0.25, 0.3) is 0 Å². The van der Waals surface area contributed by atoms with E-state index in [1.165, 1.54) is 27.5 Å². The molecule has 0 saturated heterocycles. The number of para-hydroxylation sites is 1. The van der Waals surface area contributed by atoms with E-state index in [2.05, 4.69) is 126 Å². The summed E-state index contributed by atoms with van der Waals surface area (Å²) >= 11 is 3.65. The van der Waals surface area contributed by atoms with Crippen molar-refractivity contribution in [2.45, 2.75) is 32.1 Å². The molecule has 178 valence electrons. The summed E-state index contributed by atoms with van der Waals surface area (Å²) in [5.41, 5.74) is 5.93. The van der Waals surface area contributed by atoms with Crippen LogP contribution in [0, 0.1) is 0 Å². The molecule has 6 rings (SSSR count). The number of fused-ring (bicyclic) bond motifs is 3. The van der Waals surface area contributed by atoms with E-state index < -0.39 is 0 Å². The molecule has 0 N–H and O–H groups in total. The van der Waals surface area contributed by atoms with Gasteiger partial charge < -0.3 is 4.42 Å². The molecule has 0 aliphatic heterocycles. The predicted octanol–water partition coefficient (Wildman–Crippen LogP) is 9.01. The third-order valence-corrected chi connectivity index (χ3v) is 7.37. The third-order valence-electron chi connectivity index (χ3n) is 6.88. The molecular weight excluding hydrogens is 508 g/mol. The Morgan fingerprint density at radius 3 is 2.36 bits per heavy atom.